The van der Waals surface area contributed by atoms with Gasteiger partial charge in [0.25, 0.3) is 0 Å². The lowest BCUT2D eigenvalue weighted by atomic mass is 10.7. The van der Waals surface area contributed by atoms with Crippen molar-refractivity contribution in [3.63, 3.8) is 0 Å². The number of aromatic nitrogens is 2. The van der Waals surface area contributed by atoms with Crippen molar-refractivity contribution in [1.29, 1.82) is 0 Å². The molecular weight excluding hydrogens is 172 g/mol. The number of rotatable bonds is 1. The van der Waals surface area contributed by atoms with Crippen LogP contribution in [0.25, 0.3) is 0 Å². The number of hydrogen-bond donors (Lipinski definition) is 0. The van der Waals surface area contributed by atoms with Crippen molar-refractivity contribution in [2.45, 2.75) is 12.3 Å². The van der Waals surface area contributed by atoms with Gasteiger partial charge in [0.15, 0.2) is 5.82 Å². The van der Waals surface area contributed by atoms with Gasteiger partial charge in [0, 0.05) is 0 Å². The summed E-state index contributed by atoms with van der Waals surface area (Å²) >= 11 is 3.17. The van der Waals surface area contributed by atoms with E-state index in [2.05, 4.69) is 26.1 Å². The van der Waals surface area contributed by atoms with Gasteiger partial charge < -0.3 is 4.52 Å². The summed E-state index contributed by atoms with van der Waals surface area (Å²) in [4.78, 5) is 3.90. The SMILES string of the molecule is Cc1noc(CBr)n1. The summed E-state index contributed by atoms with van der Waals surface area (Å²) < 4.78 is 4.71. The molecule has 8 heavy (non-hydrogen) atoms. The van der Waals surface area contributed by atoms with Crippen molar-refractivity contribution < 1.29 is 4.52 Å². The molecule has 0 saturated carbocycles. The molecule has 0 N–H and O–H groups in total. The molecule has 1 rings (SSSR count). The van der Waals surface area contributed by atoms with Crippen LogP contribution < -0.4 is 0 Å². The molecule has 3 nitrogen and oxygen atoms in total. The Kier molecular flexibility index (Phi) is 1.62. The standard InChI is InChI=1S/C4H5BrN2O/c1-3-6-4(2-5)8-7-3/h2H2,1H3. The number of nitrogens with zero attached hydrogens (tertiary/aromatic N) is 2. The molecule has 1 aromatic heterocycles. The molecule has 0 fully saturated rings. The molecule has 44 valence electrons. The lowest BCUT2D eigenvalue weighted by Gasteiger charge is -1.73. The second-order valence-electron chi connectivity index (χ2n) is 1.37. The van der Waals surface area contributed by atoms with E-state index in [0.717, 1.165) is 0 Å². The van der Waals surface area contributed by atoms with Gasteiger partial charge in [-0.1, -0.05) is 21.1 Å². The van der Waals surface area contributed by atoms with Crippen molar-refractivity contribution >= 4 is 15.9 Å². The Morgan fingerprint density at radius 2 is 2.50 bits per heavy atom. The third kappa shape index (κ3) is 1.06. The van der Waals surface area contributed by atoms with Crippen LogP contribution in [0.15, 0.2) is 4.52 Å². The smallest absolute Gasteiger partial charge is 0.237 e. The number of aryl methyl sites for hydroxylation is 1. The Morgan fingerprint density at radius 1 is 1.75 bits per heavy atom. The largest absolute Gasteiger partial charge is 0.338 e. The van der Waals surface area contributed by atoms with E-state index in [4.69, 9.17) is 4.52 Å². The third-order valence-corrected chi connectivity index (χ3v) is 1.16. The average molecular weight is 177 g/mol. The minimum Gasteiger partial charge on any atom is -0.338 e. The lowest BCUT2D eigenvalue weighted by molar-refractivity contribution is 0.387. The van der Waals surface area contributed by atoms with Crippen molar-refractivity contribution in [1.82, 2.24) is 10.1 Å². The summed E-state index contributed by atoms with van der Waals surface area (Å²) in [6.45, 7) is 1.79. The van der Waals surface area contributed by atoms with Crippen LogP contribution in [0.3, 0.4) is 0 Å². The van der Waals surface area contributed by atoms with Gasteiger partial charge in [-0.15, -0.1) is 0 Å². The van der Waals surface area contributed by atoms with Gasteiger partial charge in [0.2, 0.25) is 5.89 Å². The maximum Gasteiger partial charge on any atom is 0.237 e. The van der Waals surface area contributed by atoms with Crippen LogP contribution >= 0.6 is 15.9 Å². The van der Waals surface area contributed by atoms with Crippen LogP contribution in [0.5, 0.6) is 0 Å². The molecule has 0 amide bonds. The highest BCUT2D eigenvalue weighted by Crippen LogP contribution is 1.99. The van der Waals surface area contributed by atoms with Crippen LogP contribution in [0.2, 0.25) is 0 Å². The minimum absolute atomic E-state index is 0.627. The molecule has 0 bridgehead atoms. The van der Waals surface area contributed by atoms with Gasteiger partial charge in [0.1, 0.15) is 0 Å². The van der Waals surface area contributed by atoms with Gasteiger partial charge in [0.05, 0.1) is 5.33 Å². The first-order valence-electron chi connectivity index (χ1n) is 2.18. The van der Waals surface area contributed by atoms with E-state index >= 15 is 0 Å². The molecule has 0 aliphatic heterocycles. The van der Waals surface area contributed by atoms with E-state index in [0.29, 0.717) is 17.0 Å². The number of halogens is 1. The van der Waals surface area contributed by atoms with Crippen LogP contribution in [0.1, 0.15) is 11.7 Å². The molecule has 0 aliphatic rings. The highest BCUT2D eigenvalue weighted by molar-refractivity contribution is 9.08. The molecule has 1 heterocycles. The van der Waals surface area contributed by atoms with Gasteiger partial charge in [-0.2, -0.15) is 4.98 Å². The zero-order valence-electron chi connectivity index (χ0n) is 4.39. The van der Waals surface area contributed by atoms with Crippen LogP contribution in [-0.4, -0.2) is 10.1 Å². The third-order valence-electron chi connectivity index (χ3n) is 0.684. The van der Waals surface area contributed by atoms with E-state index in [9.17, 15) is 0 Å². The Labute approximate surface area is 55.2 Å². The zero-order valence-corrected chi connectivity index (χ0v) is 5.97. The minimum atomic E-state index is 0.627. The summed E-state index contributed by atoms with van der Waals surface area (Å²) in [7, 11) is 0. The molecule has 0 saturated heterocycles. The van der Waals surface area contributed by atoms with Gasteiger partial charge in [-0.05, 0) is 6.92 Å². The predicted molar refractivity (Wildman–Crippen MR) is 31.7 cm³/mol. The average Bonchev–Trinajstić information content (AvgIpc) is 2.14. The fourth-order valence-electron chi connectivity index (χ4n) is 0.394. The van der Waals surface area contributed by atoms with Crippen LogP contribution in [-0.2, 0) is 5.33 Å². The van der Waals surface area contributed by atoms with Crippen molar-refractivity contribution in [2.75, 3.05) is 0 Å². The fraction of sp³-hybridized carbons (Fsp3) is 0.500. The first-order chi connectivity index (χ1) is 3.83. The van der Waals surface area contributed by atoms with E-state index in [-0.39, 0.29) is 0 Å². The highest BCUT2D eigenvalue weighted by Gasteiger charge is 1.96. The van der Waals surface area contributed by atoms with Gasteiger partial charge in [-0.25, -0.2) is 0 Å². The molecule has 0 atom stereocenters. The van der Waals surface area contributed by atoms with Gasteiger partial charge in [-0.3, -0.25) is 0 Å². The summed E-state index contributed by atoms with van der Waals surface area (Å²) in [6.07, 6.45) is 0. The quantitative estimate of drug-likeness (QED) is 0.606. The molecule has 0 unspecified atom stereocenters. The Bertz CT molecular complexity index is 174. The van der Waals surface area contributed by atoms with E-state index in [1.54, 1.807) is 6.92 Å². The molecule has 1 aromatic rings. The number of alkyl halides is 1. The molecular formula is C4H5BrN2O. The maximum absolute atomic E-state index is 4.71. The zero-order chi connectivity index (χ0) is 5.98. The first-order valence-corrected chi connectivity index (χ1v) is 3.30. The van der Waals surface area contributed by atoms with Crippen molar-refractivity contribution in [2.24, 2.45) is 0 Å². The van der Waals surface area contributed by atoms with Crippen molar-refractivity contribution in [3.05, 3.63) is 11.7 Å². The molecule has 0 aliphatic carbocycles. The lowest BCUT2D eigenvalue weighted by Crippen LogP contribution is -1.74. The van der Waals surface area contributed by atoms with Gasteiger partial charge >= 0.3 is 0 Å². The number of hydrogen-bond acceptors (Lipinski definition) is 3. The Hall–Kier alpha value is -0.380. The van der Waals surface area contributed by atoms with Crippen LogP contribution in [0, 0.1) is 6.92 Å². The Morgan fingerprint density at radius 3 is 2.75 bits per heavy atom. The molecule has 0 aromatic carbocycles. The maximum atomic E-state index is 4.71. The topological polar surface area (TPSA) is 38.9 Å². The van der Waals surface area contributed by atoms with Crippen molar-refractivity contribution in [3.8, 4) is 0 Å². The second-order valence-corrected chi connectivity index (χ2v) is 1.93. The fourth-order valence-corrected chi connectivity index (χ4v) is 0.622. The monoisotopic (exact) mass is 176 g/mol. The summed E-state index contributed by atoms with van der Waals surface area (Å²) in [5.74, 6) is 1.31. The van der Waals surface area contributed by atoms with E-state index < -0.39 is 0 Å². The van der Waals surface area contributed by atoms with E-state index in [1.807, 2.05) is 0 Å². The summed E-state index contributed by atoms with van der Waals surface area (Å²) in [5.41, 5.74) is 0. The molecule has 0 radical (unpaired) electrons. The normalized spacial score (nSPS) is 9.75. The van der Waals surface area contributed by atoms with Crippen LogP contribution in [0.4, 0.5) is 0 Å². The predicted octanol–water partition coefficient (Wildman–Crippen LogP) is 1.27. The molecule has 4 heteroatoms. The highest BCUT2D eigenvalue weighted by atomic mass is 79.9. The summed E-state index contributed by atoms with van der Waals surface area (Å²) in [6, 6.07) is 0. The first kappa shape index (κ1) is 5.75. The molecule has 0 spiro atoms. The second kappa shape index (κ2) is 2.26. The summed E-state index contributed by atoms with van der Waals surface area (Å²) in [5, 5.41) is 4.20. The Balaban J connectivity index is 2.84. The van der Waals surface area contributed by atoms with E-state index in [1.165, 1.54) is 0 Å².